The molecule has 0 aromatic heterocycles. The number of carbonyl (C=O) groups is 1. The minimum absolute atomic E-state index is 0.0543. The van der Waals surface area contributed by atoms with Gasteiger partial charge in [0.25, 0.3) is 10.0 Å². The Labute approximate surface area is 149 Å². The van der Waals surface area contributed by atoms with Crippen LogP contribution in [0.3, 0.4) is 0 Å². The molecule has 0 aliphatic rings. The largest absolute Gasteiger partial charge is 0.497 e. The number of ether oxygens (including phenoxy) is 1. The van der Waals surface area contributed by atoms with Gasteiger partial charge in [-0.25, -0.2) is 8.42 Å². The molecule has 0 radical (unpaired) electrons. The second-order valence-corrected chi connectivity index (χ2v) is 7.36. The number of rotatable bonds is 6. The Morgan fingerprint density at radius 2 is 1.88 bits per heavy atom. The maximum atomic E-state index is 12.9. The maximum absolute atomic E-state index is 12.9. The fraction of sp³-hybridized carbons (Fsp3) is 0.133. The molecule has 6 nitrogen and oxygen atoms in total. The average Bonchev–Trinajstić information content (AvgIpc) is 2.54. The topological polar surface area (TPSA) is 83.9 Å². The highest BCUT2D eigenvalue weighted by Gasteiger charge is 2.28. The lowest BCUT2D eigenvalue weighted by atomic mass is 10.3. The molecule has 0 bridgehead atoms. The number of nitrogens with zero attached hydrogens (tertiary/aromatic N) is 1. The van der Waals surface area contributed by atoms with E-state index in [-0.39, 0.29) is 20.6 Å². The number of hydrogen-bond donors (Lipinski definition) is 1. The minimum atomic E-state index is -4.16. The molecule has 0 aliphatic carbocycles. The Hall–Kier alpha value is -1.96. The van der Waals surface area contributed by atoms with Gasteiger partial charge in [-0.2, -0.15) is 0 Å². The summed E-state index contributed by atoms with van der Waals surface area (Å²) in [6.07, 6.45) is 0. The predicted molar refractivity (Wildman–Crippen MR) is 91.6 cm³/mol. The number of carboxylic acid groups (broad SMARTS) is 1. The lowest BCUT2D eigenvalue weighted by Crippen LogP contribution is -2.35. The van der Waals surface area contributed by atoms with Crippen LogP contribution in [-0.4, -0.2) is 33.1 Å². The zero-order valence-electron chi connectivity index (χ0n) is 12.4. The van der Waals surface area contributed by atoms with Crippen molar-refractivity contribution in [2.24, 2.45) is 0 Å². The highest BCUT2D eigenvalue weighted by atomic mass is 35.5. The maximum Gasteiger partial charge on any atom is 0.324 e. The van der Waals surface area contributed by atoms with Gasteiger partial charge < -0.3 is 9.84 Å². The lowest BCUT2D eigenvalue weighted by Gasteiger charge is -2.23. The second-order valence-electron chi connectivity index (χ2n) is 4.68. The first-order valence-corrected chi connectivity index (χ1v) is 8.79. The van der Waals surface area contributed by atoms with Crippen LogP contribution in [0, 0.1) is 0 Å². The van der Waals surface area contributed by atoms with Gasteiger partial charge in [0.1, 0.15) is 12.3 Å². The molecular weight excluding hydrogens is 377 g/mol. The van der Waals surface area contributed by atoms with Gasteiger partial charge in [0.15, 0.2) is 0 Å². The van der Waals surface area contributed by atoms with E-state index in [0.29, 0.717) is 5.75 Å². The molecule has 0 fully saturated rings. The normalized spacial score (nSPS) is 11.1. The molecule has 2 aromatic carbocycles. The number of benzene rings is 2. The highest BCUT2D eigenvalue weighted by Crippen LogP contribution is 2.30. The van der Waals surface area contributed by atoms with Crippen LogP contribution in [0.15, 0.2) is 47.4 Å². The molecule has 128 valence electrons. The van der Waals surface area contributed by atoms with Crippen molar-refractivity contribution < 1.29 is 23.1 Å². The number of aliphatic carboxylic acids is 1. The first kappa shape index (κ1) is 18.4. The first-order chi connectivity index (χ1) is 11.3. The molecular formula is C15H13Cl2NO5S. The predicted octanol–water partition coefficient (Wildman–Crippen LogP) is 3.28. The van der Waals surface area contributed by atoms with Crippen LogP contribution in [0.4, 0.5) is 5.69 Å². The summed E-state index contributed by atoms with van der Waals surface area (Å²) in [7, 11) is -2.73. The molecule has 0 atom stereocenters. The Morgan fingerprint density at radius 1 is 1.17 bits per heavy atom. The Morgan fingerprint density at radius 3 is 2.46 bits per heavy atom. The number of sulfonamides is 1. The SMILES string of the molecule is COc1cccc(N(CC(=O)O)S(=O)(=O)c2ccc(Cl)c(Cl)c2)c1. The van der Waals surface area contributed by atoms with Gasteiger partial charge in [0.05, 0.1) is 27.7 Å². The average molecular weight is 390 g/mol. The number of hydrogen-bond acceptors (Lipinski definition) is 4. The van der Waals surface area contributed by atoms with Crippen molar-refractivity contribution in [1.29, 1.82) is 0 Å². The van der Waals surface area contributed by atoms with Crippen LogP contribution in [0.5, 0.6) is 5.75 Å². The van der Waals surface area contributed by atoms with Gasteiger partial charge in [0.2, 0.25) is 0 Å². The molecule has 1 N–H and O–H groups in total. The van der Waals surface area contributed by atoms with E-state index < -0.39 is 22.5 Å². The van der Waals surface area contributed by atoms with E-state index in [1.54, 1.807) is 12.1 Å². The van der Waals surface area contributed by atoms with E-state index >= 15 is 0 Å². The zero-order valence-corrected chi connectivity index (χ0v) is 14.8. The van der Waals surface area contributed by atoms with Crippen LogP contribution in [0.2, 0.25) is 10.0 Å². The summed E-state index contributed by atoms with van der Waals surface area (Å²) < 4.78 is 31.5. The van der Waals surface area contributed by atoms with E-state index in [9.17, 15) is 13.2 Å². The lowest BCUT2D eigenvalue weighted by molar-refractivity contribution is -0.135. The molecule has 0 saturated carbocycles. The van der Waals surface area contributed by atoms with E-state index in [0.717, 1.165) is 4.31 Å². The standard InChI is InChI=1S/C15H13Cl2NO5S/c1-23-11-4-2-3-10(7-11)18(9-15(19)20)24(21,22)12-5-6-13(16)14(17)8-12/h2-8H,9H2,1H3,(H,19,20). The van der Waals surface area contributed by atoms with Crippen molar-refractivity contribution in [2.75, 3.05) is 18.0 Å². The molecule has 0 heterocycles. The fourth-order valence-corrected chi connectivity index (χ4v) is 3.76. The van der Waals surface area contributed by atoms with Gasteiger partial charge in [-0.3, -0.25) is 9.10 Å². The van der Waals surface area contributed by atoms with Gasteiger partial charge >= 0.3 is 5.97 Å². The Bertz CT molecular complexity index is 870. The third kappa shape index (κ3) is 3.92. The minimum Gasteiger partial charge on any atom is -0.497 e. The fourth-order valence-electron chi connectivity index (χ4n) is 1.97. The van der Waals surface area contributed by atoms with Gasteiger partial charge in [-0.05, 0) is 30.3 Å². The summed E-state index contributed by atoms with van der Waals surface area (Å²) >= 11 is 11.7. The zero-order chi connectivity index (χ0) is 17.9. The summed E-state index contributed by atoms with van der Waals surface area (Å²) in [5.74, 6) is -0.909. The summed E-state index contributed by atoms with van der Waals surface area (Å²) in [5.41, 5.74) is 0.155. The summed E-state index contributed by atoms with van der Waals surface area (Å²) in [6.45, 7) is -0.754. The Kier molecular flexibility index (Phi) is 5.58. The molecule has 0 amide bonds. The molecule has 0 spiro atoms. The van der Waals surface area contributed by atoms with Crippen molar-refractivity contribution in [3.05, 3.63) is 52.5 Å². The van der Waals surface area contributed by atoms with E-state index in [1.807, 2.05) is 0 Å². The van der Waals surface area contributed by atoms with Crippen LogP contribution in [-0.2, 0) is 14.8 Å². The molecule has 0 unspecified atom stereocenters. The molecule has 0 saturated heterocycles. The van der Waals surface area contributed by atoms with Crippen molar-refractivity contribution in [1.82, 2.24) is 0 Å². The summed E-state index contributed by atoms with van der Waals surface area (Å²) in [5, 5.41) is 9.35. The quantitative estimate of drug-likeness (QED) is 0.819. The Balaban J connectivity index is 2.57. The first-order valence-electron chi connectivity index (χ1n) is 6.59. The summed E-state index contributed by atoms with van der Waals surface area (Å²) in [4.78, 5) is 11.0. The van der Waals surface area contributed by atoms with Crippen LogP contribution in [0.1, 0.15) is 0 Å². The van der Waals surface area contributed by atoms with Gasteiger partial charge in [-0.15, -0.1) is 0 Å². The molecule has 24 heavy (non-hydrogen) atoms. The van der Waals surface area contributed by atoms with Crippen molar-refractivity contribution in [3.8, 4) is 5.75 Å². The van der Waals surface area contributed by atoms with Gasteiger partial charge in [-0.1, -0.05) is 29.3 Å². The van der Waals surface area contributed by atoms with Crippen molar-refractivity contribution in [3.63, 3.8) is 0 Å². The summed E-state index contributed by atoms with van der Waals surface area (Å²) in [6, 6.07) is 9.86. The molecule has 9 heteroatoms. The van der Waals surface area contributed by atoms with Crippen LogP contribution >= 0.6 is 23.2 Å². The third-order valence-electron chi connectivity index (χ3n) is 3.10. The van der Waals surface area contributed by atoms with E-state index in [4.69, 9.17) is 33.0 Å². The highest BCUT2D eigenvalue weighted by molar-refractivity contribution is 7.92. The molecule has 2 rings (SSSR count). The number of methoxy groups -OCH3 is 1. The van der Waals surface area contributed by atoms with E-state index in [1.165, 1.54) is 37.4 Å². The van der Waals surface area contributed by atoms with Crippen LogP contribution < -0.4 is 9.04 Å². The number of anilines is 1. The van der Waals surface area contributed by atoms with E-state index in [2.05, 4.69) is 0 Å². The number of carboxylic acids is 1. The molecule has 0 aliphatic heterocycles. The smallest absolute Gasteiger partial charge is 0.324 e. The van der Waals surface area contributed by atoms with Gasteiger partial charge in [0, 0.05) is 6.07 Å². The van der Waals surface area contributed by atoms with Crippen molar-refractivity contribution >= 4 is 44.9 Å². The third-order valence-corrected chi connectivity index (χ3v) is 5.61. The monoisotopic (exact) mass is 389 g/mol. The van der Waals surface area contributed by atoms with Crippen molar-refractivity contribution in [2.45, 2.75) is 4.90 Å². The molecule has 2 aromatic rings. The van der Waals surface area contributed by atoms with Crippen LogP contribution in [0.25, 0.3) is 0 Å². The number of halogens is 2. The second kappa shape index (κ2) is 7.29.